The topological polar surface area (TPSA) is 84.2 Å². The summed E-state index contributed by atoms with van der Waals surface area (Å²) in [7, 11) is 0. The summed E-state index contributed by atoms with van der Waals surface area (Å²) >= 11 is 1.40. The molecule has 0 aliphatic heterocycles. The van der Waals surface area contributed by atoms with Gasteiger partial charge in [0.1, 0.15) is 11.5 Å². The summed E-state index contributed by atoms with van der Waals surface area (Å²) in [5.74, 6) is -0.545. The molecule has 0 radical (unpaired) electrons. The van der Waals surface area contributed by atoms with Crippen molar-refractivity contribution in [1.82, 2.24) is 19.4 Å². The van der Waals surface area contributed by atoms with Crippen LogP contribution >= 0.6 is 11.3 Å². The van der Waals surface area contributed by atoms with Crippen LogP contribution in [0.25, 0.3) is 28.0 Å². The molecule has 0 spiro atoms. The molecule has 0 aliphatic rings. The average Bonchev–Trinajstić information content (AvgIpc) is 3.47. The number of anilines is 2. The maximum Gasteiger partial charge on any atom is 0.325 e. The third-order valence-electron chi connectivity index (χ3n) is 5.72. The highest BCUT2D eigenvalue weighted by molar-refractivity contribution is 7.15. The van der Waals surface area contributed by atoms with Gasteiger partial charge in [-0.1, -0.05) is 26.8 Å². The van der Waals surface area contributed by atoms with Crippen molar-refractivity contribution in [1.29, 1.82) is 0 Å². The summed E-state index contributed by atoms with van der Waals surface area (Å²) in [5, 5.41) is 5.69. The molecule has 0 fully saturated rings. The predicted molar refractivity (Wildman–Crippen MR) is 142 cm³/mol. The van der Waals surface area contributed by atoms with Gasteiger partial charge in [-0.3, -0.25) is 14.7 Å². The standard InChI is InChI=1S/C27H25FN6OS/c1-16-11-17(7-9-29-16)18-8-10-34-22(14-30-24(34)13-18)19-5-6-21(20(28)12-19)32-25(35)33-26-31-15-23(36-26)27(2,3)4/h5-15H,1-4H3,(H2,31,32,33,35). The number of pyridine rings is 2. The lowest BCUT2D eigenvalue weighted by atomic mass is 9.96. The zero-order valence-corrected chi connectivity index (χ0v) is 21.2. The number of carbonyl (C=O) groups is 1. The number of halogens is 1. The van der Waals surface area contributed by atoms with Gasteiger partial charge in [-0.15, -0.1) is 11.3 Å². The van der Waals surface area contributed by atoms with Gasteiger partial charge in [0.25, 0.3) is 0 Å². The number of aromatic nitrogens is 4. The van der Waals surface area contributed by atoms with Crippen LogP contribution in [0.5, 0.6) is 0 Å². The highest BCUT2D eigenvalue weighted by atomic mass is 32.1. The fraction of sp³-hybridized carbons (Fsp3) is 0.185. The number of benzene rings is 1. The number of rotatable bonds is 4. The molecule has 0 unspecified atom stereocenters. The van der Waals surface area contributed by atoms with Gasteiger partial charge >= 0.3 is 6.03 Å². The second-order valence-electron chi connectivity index (χ2n) is 9.53. The van der Waals surface area contributed by atoms with Gasteiger partial charge in [0.05, 0.1) is 17.6 Å². The van der Waals surface area contributed by atoms with E-state index >= 15 is 0 Å². The number of nitrogens with zero attached hydrogens (tertiary/aromatic N) is 4. The average molecular weight is 501 g/mol. The van der Waals surface area contributed by atoms with Crippen LogP contribution in [0.3, 0.4) is 0 Å². The Morgan fingerprint density at radius 2 is 1.75 bits per heavy atom. The first-order chi connectivity index (χ1) is 17.2. The lowest BCUT2D eigenvalue weighted by Gasteiger charge is -2.14. The minimum atomic E-state index is -0.551. The number of imidazole rings is 1. The van der Waals surface area contributed by atoms with Gasteiger partial charge in [0.15, 0.2) is 5.13 Å². The van der Waals surface area contributed by atoms with Crippen molar-refractivity contribution in [3.63, 3.8) is 0 Å². The van der Waals surface area contributed by atoms with Gasteiger partial charge in [-0.25, -0.2) is 19.2 Å². The number of fused-ring (bicyclic) bond motifs is 1. The van der Waals surface area contributed by atoms with E-state index in [1.807, 2.05) is 41.8 Å². The summed E-state index contributed by atoms with van der Waals surface area (Å²) < 4.78 is 16.8. The van der Waals surface area contributed by atoms with Gasteiger partial charge in [0.2, 0.25) is 0 Å². The Morgan fingerprint density at radius 1 is 0.944 bits per heavy atom. The van der Waals surface area contributed by atoms with Crippen LogP contribution in [-0.2, 0) is 5.41 Å². The maximum atomic E-state index is 14.9. The van der Waals surface area contributed by atoms with E-state index < -0.39 is 11.8 Å². The van der Waals surface area contributed by atoms with Crippen molar-refractivity contribution in [2.45, 2.75) is 33.1 Å². The van der Waals surface area contributed by atoms with Crippen molar-refractivity contribution in [2.24, 2.45) is 0 Å². The molecule has 4 heterocycles. The first-order valence-electron chi connectivity index (χ1n) is 11.4. The van der Waals surface area contributed by atoms with Crippen molar-refractivity contribution in [3.05, 3.63) is 83.6 Å². The number of aryl methyl sites for hydroxylation is 1. The fourth-order valence-corrected chi connectivity index (χ4v) is 4.67. The molecule has 0 saturated heterocycles. The van der Waals surface area contributed by atoms with Crippen molar-refractivity contribution < 1.29 is 9.18 Å². The normalized spacial score (nSPS) is 11.6. The number of amides is 2. The van der Waals surface area contributed by atoms with E-state index in [1.54, 1.807) is 30.7 Å². The minimum Gasteiger partial charge on any atom is -0.305 e. The zero-order valence-electron chi connectivity index (χ0n) is 20.3. The highest BCUT2D eigenvalue weighted by Gasteiger charge is 2.18. The molecule has 0 saturated carbocycles. The quantitative estimate of drug-likeness (QED) is 0.281. The number of urea groups is 1. The van der Waals surface area contributed by atoms with Crippen LogP contribution in [-0.4, -0.2) is 25.4 Å². The second kappa shape index (κ2) is 9.16. The Morgan fingerprint density at radius 3 is 2.47 bits per heavy atom. The highest BCUT2D eigenvalue weighted by Crippen LogP contribution is 2.31. The number of hydrogen-bond donors (Lipinski definition) is 2. The van der Waals surface area contributed by atoms with Crippen molar-refractivity contribution >= 4 is 33.8 Å². The van der Waals surface area contributed by atoms with Gasteiger partial charge in [-0.2, -0.15) is 0 Å². The summed E-state index contributed by atoms with van der Waals surface area (Å²) in [5.41, 5.74) is 5.18. The van der Waals surface area contributed by atoms with E-state index in [4.69, 9.17) is 0 Å². The molecule has 182 valence electrons. The Balaban J connectivity index is 1.34. The van der Waals surface area contributed by atoms with Crippen LogP contribution < -0.4 is 10.6 Å². The lowest BCUT2D eigenvalue weighted by molar-refractivity contribution is 0.262. The molecule has 0 aliphatic carbocycles. The molecule has 0 bridgehead atoms. The van der Waals surface area contributed by atoms with E-state index in [0.29, 0.717) is 10.7 Å². The third kappa shape index (κ3) is 4.83. The maximum absolute atomic E-state index is 14.9. The summed E-state index contributed by atoms with van der Waals surface area (Å²) in [6, 6.07) is 12.1. The molecule has 2 N–H and O–H groups in total. The third-order valence-corrected chi connectivity index (χ3v) is 7.06. The number of thiazole rings is 1. The van der Waals surface area contributed by atoms with E-state index in [0.717, 1.165) is 33.0 Å². The Kier molecular flexibility index (Phi) is 6.01. The molecule has 7 nitrogen and oxygen atoms in total. The van der Waals surface area contributed by atoms with Crippen molar-refractivity contribution in [2.75, 3.05) is 10.6 Å². The van der Waals surface area contributed by atoms with E-state index in [9.17, 15) is 9.18 Å². The summed E-state index contributed by atoms with van der Waals surface area (Å²) in [6.45, 7) is 8.18. The fourth-order valence-electron chi connectivity index (χ4n) is 3.80. The zero-order chi connectivity index (χ0) is 25.4. The molecular formula is C27H25FN6OS. The van der Waals surface area contributed by atoms with Gasteiger partial charge in [-0.05, 0) is 59.9 Å². The van der Waals surface area contributed by atoms with Crippen molar-refractivity contribution in [3.8, 4) is 22.4 Å². The number of nitrogens with one attached hydrogen (secondary N) is 2. The van der Waals surface area contributed by atoms with E-state index in [2.05, 4.69) is 46.4 Å². The van der Waals surface area contributed by atoms with Gasteiger partial charge < -0.3 is 5.32 Å². The van der Waals surface area contributed by atoms with Crippen LogP contribution in [0.4, 0.5) is 20.0 Å². The molecule has 0 atom stereocenters. The molecule has 1 aromatic carbocycles. The Hall–Kier alpha value is -4.11. The predicted octanol–water partition coefficient (Wildman–Crippen LogP) is 6.91. The van der Waals surface area contributed by atoms with E-state index in [-0.39, 0.29) is 11.1 Å². The Bertz CT molecular complexity index is 1580. The van der Waals surface area contributed by atoms with E-state index in [1.165, 1.54) is 17.4 Å². The summed E-state index contributed by atoms with van der Waals surface area (Å²) in [4.78, 5) is 26.4. The SMILES string of the molecule is Cc1cc(-c2ccn3c(-c4ccc(NC(=O)Nc5ncc(C(C)(C)C)s5)c(F)c4)cnc3c2)ccn1. The smallest absolute Gasteiger partial charge is 0.305 e. The monoisotopic (exact) mass is 500 g/mol. The molecule has 36 heavy (non-hydrogen) atoms. The minimum absolute atomic E-state index is 0.0620. The molecule has 5 rings (SSSR count). The first-order valence-corrected chi connectivity index (χ1v) is 12.2. The van der Waals surface area contributed by atoms with Crippen LogP contribution in [0.15, 0.2) is 67.3 Å². The molecule has 4 aromatic heterocycles. The van der Waals surface area contributed by atoms with Crippen LogP contribution in [0, 0.1) is 12.7 Å². The van der Waals surface area contributed by atoms with Crippen LogP contribution in [0.2, 0.25) is 0 Å². The Labute approximate surface area is 212 Å². The van der Waals surface area contributed by atoms with Gasteiger partial charge in [0, 0.05) is 34.7 Å². The first kappa shape index (κ1) is 23.6. The molecule has 9 heteroatoms. The molecule has 5 aromatic rings. The largest absolute Gasteiger partial charge is 0.325 e. The molecular weight excluding hydrogens is 475 g/mol. The summed E-state index contributed by atoms with van der Waals surface area (Å²) in [6.07, 6.45) is 7.15. The second-order valence-corrected chi connectivity index (χ2v) is 10.6. The van der Waals surface area contributed by atoms with Crippen LogP contribution in [0.1, 0.15) is 31.3 Å². The molecule has 2 amide bonds. The number of hydrogen-bond acceptors (Lipinski definition) is 5. The lowest BCUT2D eigenvalue weighted by Crippen LogP contribution is -2.20. The number of carbonyl (C=O) groups excluding carboxylic acids is 1.